The minimum atomic E-state index is -0.364. The molecule has 4 nitrogen and oxygen atoms in total. The molecule has 0 atom stereocenters. The standard InChI is InChI=1S/C12H10ClN3O/c1-8-7-14-11(13)10(15-8)12(17)16-9-5-3-2-4-6-9/h2-7H,1H3,(H,16,17). The van der Waals surface area contributed by atoms with E-state index >= 15 is 0 Å². The Balaban J connectivity index is 2.23. The van der Waals surface area contributed by atoms with Gasteiger partial charge in [0.2, 0.25) is 0 Å². The van der Waals surface area contributed by atoms with Crippen molar-refractivity contribution in [2.45, 2.75) is 6.92 Å². The summed E-state index contributed by atoms with van der Waals surface area (Å²) < 4.78 is 0. The third-order valence-electron chi connectivity index (χ3n) is 2.10. The second kappa shape index (κ2) is 4.93. The maximum atomic E-state index is 11.9. The molecule has 2 aromatic rings. The Morgan fingerprint density at radius 3 is 2.71 bits per heavy atom. The summed E-state index contributed by atoms with van der Waals surface area (Å²) in [5.74, 6) is -0.364. The Morgan fingerprint density at radius 2 is 2.00 bits per heavy atom. The first-order valence-electron chi connectivity index (χ1n) is 5.02. The van der Waals surface area contributed by atoms with Crippen LogP contribution in [0, 0.1) is 6.92 Å². The number of anilines is 1. The number of carbonyl (C=O) groups excluding carboxylic acids is 1. The third-order valence-corrected chi connectivity index (χ3v) is 2.37. The van der Waals surface area contributed by atoms with Gasteiger partial charge in [0.1, 0.15) is 0 Å². The lowest BCUT2D eigenvalue weighted by atomic mass is 10.3. The van der Waals surface area contributed by atoms with Gasteiger partial charge >= 0.3 is 0 Å². The van der Waals surface area contributed by atoms with E-state index in [1.165, 1.54) is 6.20 Å². The van der Waals surface area contributed by atoms with Crippen molar-refractivity contribution in [3.8, 4) is 0 Å². The number of carbonyl (C=O) groups is 1. The van der Waals surface area contributed by atoms with Crippen LogP contribution >= 0.6 is 11.6 Å². The van der Waals surface area contributed by atoms with E-state index in [-0.39, 0.29) is 16.8 Å². The maximum absolute atomic E-state index is 11.9. The van der Waals surface area contributed by atoms with Gasteiger partial charge in [0.15, 0.2) is 10.8 Å². The molecule has 0 saturated heterocycles. The number of aromatic nitrogens is 2. The van der Waals surface area contributed by atoms with Gasteiger partial charge < -0.3 is 5.32 Å². The van der Waals surface area contributed by atoms with E-state index in [0.717, 1.165) is 0 Å². The normalized spacial score (nSPS) is 10.0. The molecule has 17 heavy (non-hydrogen) atoms. The number of nitrogens with one attached hydrogen (secondary N) is 1. The van der Waals surface area contributed by atoms with Crippen molar-refractivity contribution in [2.75, 3.05) is 5.32 Å². The fourth-order valence-electron chi connectivity index (χ4n) is 1.32. The molecule has 0 aliphatic heterocycles. The molecule has 1 N–H and O–H groups in total. The van der Waals surface area contributed by atoms with Crippen molar-refractivity contribution < 1.29 is 4.79 Å². The minimum absolute atomic E-state index is 0.101. The highest BCUT2D eigenvalue weighted by atomic mass is 35.5. The van der Waals surface area contributed by atoms with Crippen LogP contribution in [0.15, 0.2) is 36.5 Å². The number of para-hydroxylation sites is 1. The van der Waals surface area contributed by atoms with Gasteiger partial charge in [-0.1, -0.05) is 29.8 Å². The van der Waals surface area contributed by atoms with Gasteiger partial charge in [-0.2, -0.15) is 0 Å². The number of hydrogen-bond donors (Lipinski definition) is 1. The Labute approximate surface area is 104 Å². The molecule has 1 amide bonds. The van der Waals surface area contributed by atoms with Gasteiger partial charge in [0, 0.05) is 11.9 Å². The van der Waals surface area contributed by atoms with Crippen LogP contribution < -0.4 is 5.32 Å². The molecular formula is C12H10ClN3O. The summed E-state index contributed by atoms with van der Waals surface area (Å²) >= 11 is 5.82. The summed E-state index contributed by atoms with van der Waals surface area (Å²) in [6, 6.07) is 9.11. The van der Waals surface area contributed by atoms with Crippen LogP contribution in [0.5, 0.6) is 0 Å². The monoisotopic (exact) mass is 247 g/mol. The smallest absolute Gasteiger partial charge is 0.277 e. The molecule has 1 aromatic heterocycles. The molecule has 0 unspecified atom stereocenters. The molecular weight excluding hydrogens is 238 g/mol. The lowest BCUT2D eigenvalue weighted by Gasteiger charge is -2.05. The second-order valence-electron chi connectivity index (χ2n) is 3.47. The molecule has 0 bridgehead atoms. The summed E-state index contributed by atoms with van der Waals surface area (Å²) in [7, 11) is 0. The molecule has 0 fully saturated rings. The predicted molar refractivity (Wildman–Crippen MR) is 66.2 cm³/mol. The zero-order valence-electron chi connectivity index (χ0n) is 9.14. The molecule has 0 aliphatic carbocycles. The van der Waals surface area contributed by atoms with Crippen LogP contribution in [0.4, 0.5) is 5.69 Å². The van der Waals surface area contributed by atoms with Crippen LogP contribution in [-0.2, 0) is 0 Å². The van der Waals surface area contributed by atoms with E-state index in [9.17, 15) is 4.79 Å². The van der Waals surface area contributed by atoms with Crippen molar-refractivity contribution in [1.29, 1.82) is 0 Å². The Kier molecular flexibility index (Phi) is 3.35. The van der Waals surface area contributed by atoms with E-state index in [4.69, 9.17) is 11.6 Å². The molecule has 2 rings (SSSR count). The molecule has 0 aliphatic rings. The maximum Gasteiger partial charge on any atom is 0.277 e. The molecule has 5 heteroatoms. The molecule has 0 saturated carbocycles. The van der Waals surface area contributed by atoms with Crippen molar-refractivity contribution in [3.05, 3.63) is 53.1 Å². The van der Waals surface area contributed by atoms with Crippen LogP contribution in [0.3, 0.4) is 0 Å². The van der Waals surface area contributed by atoms with Gasteiger partial charge in [-0.15, -0.1) is 0 Å². The van der Waals surface area contributed by atoms with Gasteiger partial charge in [-0.05, 0) is 19.1 Å². The topological polar surface area (TPSA) is 54.9 Å². The lowest BCUT2D eigenvalue weighted by Crippen LogP contribution is -2.15. The second-order valence-corrected chi connectivity index (χ2v) is 3.83. The number of nitrogens with zero attached hydrogens (tertiary/aromatic N) is 2. The van der Waals surface area contributed by atoms with Crippen LogP contribution in [0.2, 0.25) is 5.15 Å². The number of hydrogen-bond acceptors (Lipinski definition) is 3. The minimum Gasteiger partial charge on any atom is -0.321 e. The van der Waals surface area contributed by atoms with E-state index in [2.05, 4.69) is 15.3 Å². The first-order chi connectivity index (χ1) is 8.16. The van der Waals surface area contributed by atoms with Gasteiger partial charge in [-0.3, -0.25) is 4.79 Å². The first kappa shape index (κ1) is 11.5. The van der Waals surface area contributed by atoms with E-state index < -0.39 is 0 Å². The molecule has 0 spiro atoms. The van der Waals surface area contributed by atoms with Crippen molar-refractivity contribution in [1.82, 2.24) is 9.97 Å². The predicted octanol–water partition coefficient (Wildman–Crippen LogP) is 2.69. The van der Waals surface area contributed by atoms with Crippen LogP contribution in [-0.4, -0.2) is 15.9 Å². The lowest BCUT2D eigenvalue weighted by molar-refractivity contribution is 0.102. The van der Waals surface area contributed by atoms with Crippen molar-refractivity contribution in [2.24, 2.45) is 0 Å². The zero-order valence-corrected chi connectivity index (χ0v) is 9.90. The third kappa shape index (κ3) is 2.79. The highest BCUT2D eigenvalue weighted by Crippen LogP contribution is 2.13. The number of benzene rings is 1. The van der Waals surface area contributed by atoms with Gasteiger partial charge in [-0.25, -0.2) is 9.97 Å². The molecule has 1 heterocycles. The highest BCUT2D eigenvalue weighted by molar-refractivity contribution is 6.32. The van der Waals surface area contributed by atoms with E-state index in [1.807, 2.05) is 18.2 Å². The van der Waals surface area contributed by atoms with Crippen LogP contribution in [0.1, 0.15) is 16.2 Å². The Bertz CT molecular complexity index is 543. The quantitative estimate of drug-likeness (QED) is 0.888. The first-order valence-corrected chi connectivity index (χ1v) is 5.40. The zero-order chi connectivity index (χ0) is 12.3. The largest absolute Gasteiger partial charge is 0.321 e. The highest BCUT2D eigenvalue weighted by Gasteiger charge is 2.13. The van der Waals surface area contributed by atoms with Crippen LogP contribution in [0.25, 0.3) is 0 Å². The number of halogens is 1. The van der Waals surface area contributed by atoms with Crippen molar-refractivity contribution >= 4 is 23.2 Å². The summed E-state index contributed by atoms with van der Waals surface area (Å²) in [5, 5.41) is 2.80. The number of rotatable bonds is 2. The molecule has 86 valence electrons. The summed E-state index contributed by atoms with van der Waals surface area (Å²) in [4.78, 5) is 19.8. The molecule has 1 aromatic carbocycles. The fourth-order valence-corrected chi connectivity index (χ4v) is 1.50. The van der Waals surface area contributed by atoms with Gasteiger partial charge in [0.05, 0.1) is 5.69 Å². The Hall–Kier alpha value is -1.94. The Morgan fingerprint density at radius 1 is 1.29 bits per heavy atom. The average Bonchev–Trinajstić information content (AvgIpc) is 2.33. The SMILES string of the molecule is Cc1cnc(Cl)c(C(=O)Nc2ccccc2)n1. The average molecular weight is 248 g/mol. The van der Waals surface area contributed by atoms with Crippen molar-refractivity contribution in [3.63, 3.8) is 0 Å². The number of amides is 1. The summed E-state index contributed by atoms with van der Waals surface area (Å²) in [6.45, 7) is 1.75. The van der Waals surface area contributed by atoms with E-state index in [1.54, 1.807) is 19.1 Å². The molecule has 0 radical (unpaired) electrons. The van der Waals surface area contributed by atoms with E-state index in [0.29, 0.717) is 11.4 Å². The fraction of sp³-hybridized carbons (Fsp3) is 0.0833. The van der Waals surface area contributed by atoms with Gasteiger partial charge in [0.25, 0.3) is 5.91 Å². The number of aryl methyl sites for hydroxylation is 1. The summed E-state index contributed by atoms with van der Waals surface area (Å²) in [5.41, 5.74) is 1.47. The summed E-state index contributed by atoms with van der Waals surface area (Å²) in [6.07, 6.45) is 1.52.